The van der Waals surface area contributed by atoms with Crippen LogP contribution in [0.4, 0.5) is 4.39 Å². The monoisotopic (exact) mass is 189 g/mol. The molecule has 0 aliphatic heterocycles. The standard InChI is InChI=1S/C9H20FN3/c1-6-7-8(10)11-9(12(2)3)13(4)5/h8H,6-7H2,1-5H3. The summed E-state index contributed by atoms with van der Waals surface area (Å²) in [5, 5.41) is 0. The van der Waals surface area contributed by atoms with Crippen molar-refractivity contribution in [2.75, 3.05) is 28.2 Å². The van der Waals surface area contributed by atoms with E-state index in [-0.39, 0.29) is 0 Å². The highest BCUT2D eigenvalue weighted by Crippen LogP contribution is 2.04. The summed E-state index contributed by atoms with van der Waals surface area (Å²) in [5.74, 6) is 0.668. The minimum Gasteiger partial charge on any atom is -0.349 e. The minimum absolute atomic E-state index is 0.491. The molecule has 0 radical (unpaired) electrons. The van der Waals surface area contributed by atoms with Crippen molar-refractivity contribution in [2.24, 2.45) is 4.99 Å². The maximum atomic E-state index is 13.1. The molecule has 0 fully saturated rings. The van der Waals surface area contributed by atoms with Crippen LogP contribution in [0.1, 0.15) is 19.8 Å². The van der Waals surface area contributed by atoms with Gasteiger partial charge in [-0.3, -0.25) is 0 Å². The van der Waals surface area contributed by atoms with Crippen LogP contribution in [0.2, 0.25) is 0 Å². The molecule has 78 valence electrons. The summed E-state index contributed by atoms with van der Waals surface area (Å²) in [6.45, 7) is 1.95. The Bertz CT molecular complexity index is 156. The Morgan fingerprint density at radius 1 is 1.23 bits per heavy atom. The van der Waals surface area contributed by atoms with Gasteiger partial charge in [0, 0.05) is 28.2 Å². The molecule has 0 aromatic carbocycles. The fourth-order valence-electron chi connectivity index (χ4n) is 1.06. The van der Waals surface area contributed by atoms with Crippen LogP contribution in [0, 0.1) is 0 Å². The number of alkyl halides is 1. The molecule has 0 heterocycles. The summed E-state index contributed by atoms with van der Waals surface area (Å²) in [5.41, 5.74) is 0. The third kappa shape index (κ3) is 4.70. The Hall–Kier alpha value is -0.800. The van der Waals surface area contributed by atoms with Gasteiger partial charge in [0.15, 0.2) is 12.3 Å². The van der Waals surface area contributed by atoms with E-state index in [1.165, 1.54) is 0 Å². The van der Waals surface area contributed by atoms with E-state index in [1.807, 2.05) is 44.9 Å². The summed E-state index contributed by atoms with van der Waals surface area (Å²) >= 11 is 0. The third-order valence-corrected chi connectivity index (χ3v) is 1.58. The number of hydrogen-bond donors (Lipinski definition) is 0. The summed E-state index contributed by atoms with van der Waals surface area (Å²) in [4.78, 5) is 7.58. The van der Waals surface area contributed by atoms with E-state index >= 15 is 0 Å². The fourth-order valence-corrected chi connectivity index (χ4v) is 1.06. The molecule has 0 saturated carbocycles. The lowest BCUT2D eigenvalue weighted by Gasteiger charge is -2.23. The number of hydrogen-bond acceptors (Lipinski definition) is 1. The van der Waals surface area contributed by atoms with E-state index in [9.17, 15) is 4.39 Å². The van der Waals surface area contributed by atoms with Crippen LogP contribution in [-0.4, -0.2) is 50.2 Å². The molecule has 1 atom stereocenters. The summed E-state index contributed by atoms with van der Waals surface area (Å²) < 4.78 is 13.1. The van der Waals surface area contributed by atoms with E-state index in [0.29, 0.717) is 12.4 Å². The fraction of sp³-hybridized carbons (Fsp3) is 0.889. The highest BCUT2D eigenvalue weighted by molar-refractivity contribution is 5.79. The zero-order valence-electron chi connectivity index (χ0n) is 9.21. The van der Waals surface area contributed by atoms with E-state index < -0.39 is 6.30 Å². The number of guanidine groups is 1. The van der Waals surface area contributed by atoms with Crippen LogP contribution in [0.5, 0.6) is 0 Å². The molecule has 0 bridgehead atoms. The quantitative estimate of drug-likeness (QED) is 0.381. The molecule has 0 spiro atoms. The van der Waals surface area contributed by atoms with E-state index in [4.69, 9.17) is 0 Å². The first kappa shape index (κ1) is 12.2. The molecule has 0 N–H and O–H groups in total. The van der Waals surface area contributed by atoms with Crippen molar-refractivity contribution < 1.29 is 4.39 Å². The molecule has 0 aliphatic carbocycles. The maximum absolute atomic E-state index is 13.1. The van der Waals surface area contributed by atoms with Gasteiger partial charge in [0.1, 0.15) is 0 Å². The van der Waals surface area contributed by atoms with E-state index in [2.05, 4.69) is 4.99 Å². The molecule has 0 saturated heterocycles. The third-order valence-electron chi connectivity index (χ3n) is 1.58. The Morgan fingerprint density at radius 3 is 2.00 bits per heavy atom. The van der Waals surface area contributed by atoms with Gasteiger partial charge in [-0.25, -0.2) is 9.38 Å². The first-order valence-corrected chi connectivity index (χ1v) is 4.55. The summed E-state index contributed by atoms with van der Waals surface area (Å²) in [6, 6.07) is 0. The second-order valence-electron chi connectivity index (χ2n) is 3.44. The van der Waals surface area contributed by atoms with Crippen molar-refractivity contribution in [3.63, 3.8) is 0 Å². The van der Waals surface area contributed by atoms with E-state index in [0.717, 1.165) is 6.42 Å². The second-order valence-corrected chi connectivity index (χ2v) is 3.44. The van der Waals surface area contributed by atoms with Gasteiger partial charge in [0.05, 0.1) is 0 Å². The normalized spacial score (nSPS) is 12.2. The molecule has 1 unspecified atom stereocenters. The van der Waals surface area contributed by atoms with Gasteiger partial charge >= 0.3 is 0 Å². The smallest absolute Gasteiger partial charge is 0.198 e. The average Bonchev–Trinajstić information content (AvgIpc) is 1.99. The lowest BCUT2D eigenvalue weighted by Crippen LogP contribution is -2.36. The molecule has 13 heavy (non-hydrogen) atoms. The number of nitrogens with zero attached hydrogens (tertiary/aromatic N) is 3. The van der Waals surface area contributed by atoms with Gasteiger partial charge in [0.2, 0.25) is 0 Å². The van der Waals surface area contributed by atoms with Crippen molar-refractivity contribution in [3.05, 3.63) is 0 Å². The zero-order valence-corrected chi connectivity index (χ0v) is 9.21. The molecule has 4 heteroatoms. The molecular weight excluding hydrogens is 169 g/mol. The van der Waals surface area contributed by atoms with Gasteiger partial charge in [-0.2, -0.15) is 0 Å². The zero-order chi connectivity index (χ0) is 10.4. The molecule has 0 amide bonds. The molecule has 0 aromatic heterocycles. The SMILES string of the molecule is CCCC(F)N=C(N(C)C)N(C)C. The predicted octanol–water partition coefficient (Wildman–Crippen LogP) is 1.56. The average molecular weight is 189 g/mol. The molecule has 3 nitrogen and oxygen atoms in total. The lowest BCUT2D eigenvalue weighted by atomic mass is 10.3. The largest absolute Gasteiger partial charge is 0.349 e. The van der Waals surface area contributed by atoms with Crippen LogP contribution in [0.3, 0.4) is 0 Å². The second kappa shape index (κ2) is 5.78. The van der Waals surface area contributed by atoms with Crippen LogP contribution in [0.15, 0.2) is 4.99 Å². The predicted molar refractivity (Wildman–Crippen MR) is 54.6 cm³/mol. The first-order valence-electron chi connectivity index (χ1n) is 4.55. The first-order chi connectivity index (χ1) is 5.99. The topological polar surface area (TPSA) is 18.8 Å². The molecule has 0 aliphatic rings. The lowest BCUT2D eigenvalue weighted by molar-refractivity contribution is 0.314. The van der Waals surface area contributed by atoms with Crippen molar-refractivity contribution in [2.45, 2.75) is 26.1 Å². The van der Waals surface area contributed by atoms with Crippen molar-refractivity contribution >= 4 is 5.96 Å². The van der Waals surface area contributed by atoms with Crippen LogP contribution in [0.25, 0.3) is 0 Å². The maximum Gasteiger partial charge on any atom is 0.198 e. The Labute approximate surface area is 80.2 Å². The Kier molecular flexibility index (Phi) is 5.42. The van der Waals surface area contributed by atoms with Crippen LogP contribution >= 0.6 is 0 Å². The van der Waals surface area contributed by atoms with Gasteiger partial charge in [-0.1, -0.05) is 13.3 Å². The van der Waals surface area contributed by atoms with E-state index in [1.54, 1.807) is 0 Å². The van der Waals surface area contributed by atoms with Gasteiger partial charge < -0.3 is 9.80 Å². The summed E-state index contributed by atoms with van der Waals surface area (Å²) in [6.07, 6.45) is 0.231. The molecule has 0 aromatic rings. The Balaban J connectivity index is 4.34. The van der Waals surface area contributed by atoms with Crippen LogP contribution in [-0.2, 0) is 0 Å². The van der Waals surface area contributed by atoms with Gasteiger partial charge in [-0.05, 0) is 6.42 Å². The molecule has 0 rings (SSSR count). The van der Waals surface area contributed by atoms with Crippen molar-refractivity contribution in [1.29, 1.82) is 0 Å². The highest BCUT2D eigenvalue weighted by atomic mass is 19.1. The highest BCUT2D eigenvalue weighted by Gasteiger charge is 2.08. The number of aliphatic imine (C=N–C) groups is 1. The van der Waals surface area contributed by atoms with Gasteiger partial charge in [-0.15, -0.1) is 0 Å². The number of halogens is 1. The van der Waals surface area contributed by atoms with Crippen LogP contribution < -0.4 is 0 Å². The molecular formula is C9H20FN3. The number of rotatable bonds is 3. The Morgan fingerprint density at radius 2 is 1.69 bits per heavy atom. The summed E-state index contributed by atoms with van der Waals surface area (Å²) in [7, 11) is 7.43. The van der Waals surface area contributed by atoms with Gasteiger partial charge in [0.25, 0.3) is 0 Å². The minimum atomic E-state index is -1.08. The van der Waals surface area contributed by atoms with Crippen molar-refractivity contribution in [3.8, 4) is 0 Å². The van der Waals surface area contributed by atoms with Crippen molar-refractivity contribution in [1.82, 2.24) is 9.80 Å².